The molecule has 2 unspecified atom stereocenters. The number of carbonyl (C=O) groups is 2. The fraction of sp³-hybridized carbons (Fsp3) is 0.478. The van der Waals surface area contributed by atoms with Crippen molar-refractivity contribution in [1.82, 2.24) is 0 Å². The van der Waals surface area contributed by atoms with Gasteiger partial charge in [-0.15, -0.1) is 0 Å². The molecule has 0 aliphatic heterocycles. The zero-order valence-electron chi connectivity index (χ0n) is 17.2. The maximum atomic E-state index is 14.7. The average Bonchev–Trinajstić information content (AvgIpc) is 2.68. The first-order valence-electron chi connectivity index (χ1n) is 10.2. The highest BCUT2D eigenvalue weighted by atomic mass is 19.4. The lowest BCUT2D eigenvalue weighted by Gasteiger charge is -2.45. The third kappa shape index (κ3) is 3.88. The molecule has 168 valence electrons. The van der Waals surface area contributed by atoms with E-state index in [0.717, 1.165) is 19.3 Å². The normalized spacial score (nSPS) is 25.4. The van der Waals surface area contributed by atoms with Gasteiger partial charge in [-0.25, -0.2) is 9.18 Å². The lowest BCUT2D eigenvalue weighted by molar-refractivity contribution is -0.153. The summed E-state index contributed by atoms with van der Waals surface area (Å²) in [5, 5.41) is 20.1. The largest absolute Gasteiger partial charge is 0.481 e. The first-order chi connectivity index (χ1) is 14.4. The highest BCUT2D eigenvalue weighted by Crippen LogP contribution is 2.54. The third-order valence-electron chi connectivity index (χ3n) is 6.81. The van der Waals surface area contributed by atoms with Gasteiger partial charge in [0.15, 0.2) is 0 Å². The van der Waals surface area contributed by atoms with Crippen LogP contribution in [-0.4, -0.2) is 22.2 Å². The summed E-state index contributed by atoms with van der Waals surface area (Å²) in [5.74, 6) is -4.91. The predicted molar refractivity (Wildman–Crippen MR) is 106 cm³/mol. The monoisotopic (exact) mass is 440 g/mol. The van der Waals surface area contributed by atoms with Gasteiger partial charge in [-0.05, 0) is 55.0 Å². The molecule has 0 spiro atoms. The number of aliphatic carboxylic acids is 2. The van der Waals surface area contributed by atoms with E-state index in [4.69, 9.17) is 0 Å². The van der Waals surface area contributed by atoms with Crippen LogP contribution < -0.4 is 0 Å². The molecule has 1 aromatic carbocycles. The molecule has 1 fully saturated rings. The Labute approximate surface area is 177 Å². The maximum absolute atomic E-state index is 14.7. The SMILES string of the molecule is CC1=C(C(=O)O)C(C)C(C(=O)O)(C2CCCCC2)C=C1c1cc(C(F)(F)F)ccc1F. The topological polar surface area (TPSA) is 74.6 Å². The van der Waals surface area contributed by atoms with E-state index in [2.05, 4.69) is 0 Å². The molecule has 2 aliphatic carbocycles. The van der Waals surface area contributed by atoms with E-state index in [1.165, 1.54) is 19.9 Å². The van der Waals surface area contributed by atoms with E-state index >= 15 is 0 Å². The van der Waals surface area contributed by atoms with Crippen LogP contribution in [0.1, 0.15) is 57.1 Å². The van der Waals surface area contributed by atoms with E-state index in [1.807, 2.05) is 0 Å². The Balaban J connectivity index is 2.32. The van der Waals surface area contributed by atoms with Gasteiger partial charge in [0.05, 0.1) is 11.0 Å². The lowest BCUT2D eigenvalue weighted by Crippen LogP contribution is -2.47. The number of benzene rings is 1. The van der Waals surface area contributed by atoms with Crippen molar-refractivity contribution in [1.29, 1.82) is 0 Å². The van der Waals surface area contributed by atoms with Crippen molar-refractivity contribution in [3.8, 4) is 0 Å². The van der Waals surface area contributed by atoms with Crippen molar-refractivity contribution in [2.45, 2.75) is 52.1 Å². The van der Waals surface area contributed by atoms with E-state index < -0.39 is 52.3 Å². The van der Waals surface area contributed by atoms with Crippen molar-refractivity contribution in [3.05, 3.63) is 52.4 Å². The number of hydrogen-bond donors (Lipinski definition) is 2. The number of halogens is 4. The van der Waals surface area contributed by atoms with Crippen molar-refractivity contribution in [2.24, 2.45) is 17.3 Å². The van der Waals surface area contributed by atoms with Crippen LogP contribution in [0.3, 0.4) is 0 Å². The molecule has 3 rings (SSSR count). The molecule has 1 saturated carbocycles. The Morgan fingerprint density at radius 1 is 1.10 bits per heavy atom. The van der Waals surface area contributed by atoms with Crippen LogP contribution in [0.5, 0.6) is 0 Å². The quantitative estimate of drug-likeness (QED) is 0.569. The summed E-state index contributed by atoms with van der Waals surface area (Å²) in [6, 6.07) is 1.90. The van der Waals surface area contributed by atoms with Gasteiger partial charge in [-0.1, -0.05) is 32.3 Å². The summed E-state index contributed by atoms with van der Waals surface area (Å²) < 4.78 is 54.5. The Bertz CT molecular complexity index is 970. The molecule has 2 atom stereocenters. The second kappa shape index (κ2) is 8.13. The second-order valence-corrected chi connectivity index (χ2v) is 8.39. The number of carboxylic acid groups (broad SMARTS) is 2. The van der Waals surface area contributed by atoms with Crippen LogP contribution in [-0.2, 0) is 15.8 Å². The van der Waals surface area contributed by atoms with Gasteiger partial charge in [-0.3, -0.25) is 4.79 Å². The van der Waals surface area contributed by atoms with Crippen LogP contribution in [0.15, 0.2) is 35.4 Å². The fourth-order valence-electron chi connectivity index (χ4n) is 5.19. The second-order valence-electron chi connectivity index (χ2n) is 8.39. The third-order valence-corrected chi connectivity index (χ3v) is 6.81. The minimum atomic E-state index is -4.73. The Hall–Kier alpha value is -2.64. The standard InChI is InChI=1S/C23H24F4O4/c1-12-17(16-10-15(23(25,26)27)8-9-18(16)24)11-22(21(30)31,13(2)19(12)20(28)29)14-6-4-3-5-7-14/h8-11,13-14H,3-7H2,1-2H3,(H,28,29)(H,30,31). The van der Waals surface area contributed by atoms with E-state index in [0.29, 0.717) is 31.0 Å². The number of carboxylic acids is 2. The van der Waals surface area contributed by atoms with Crippen molar-refractivity contribution in [2.75, 3.05) is 0 Å². The molecular formula is C23H24F4O4. The summed E-state index contributed by atoms with van der Waals surface area (Å²) in [6.07, 6.45) is 0.175. The van der Waals surface area contributed by atoms with E-state index in [1.54, 1.807) is 0 Å². The molecule has 2 N–H and O–H groups in total. The molecule has 4 nitrogen and oxygen atoms in total. The zero-order valence-corrected chi connectivity index (χ0v) is 17.2. The van der Waals surface area contributed by atoms with E-state index in [-0.39, 0.29) is 16.7 Å². The Morgan fingerprint density at radius 3 is 2.23 bits per heavy atom. The number of alkyl halides is 3. The van der Waals surface area contributed by atoms with Crippen LogP contribution in [0.2, 0.25) is 0 Å². The van der Waals surface area contributed by atoms with Gasteiger partial charge < -0.3 is 10.2 Å². The Kier molecular flexibility index (Phi) is 6.04. The lowest BCUT2D eigenvalue weighted by atomic mass is 9.57. The number of rotatable bonds is 4. The summed E-state index contributed by atoms with van der Waals surface area (Å²) in [5.41, 5.74) is -3.42. The average molecular weight is 440 g/mol. The van der Waals surface area contributed by atoms with Crippen molar-refractivity contribution in [3.63, 3.8) is 0 Å². The van der Waals surface area contributed by atoms with Crippen LogP contribution in [0.25, 0.3) is 5.57 Å². The van der Waals surface area contributed by atoms with Crippen LogP contribution in [0.4, 0.5) is 17.6 Å². The molecule has 0 radical (unpaired) electrons. The van der Waals surface area contributed by atoms with Crippen molar-refractivity contribution < 1.29 is 37.4 Å². The molecule has 0 amide bonds. The van der Waals surface area contributed by atoms with Crippen LogP contribution >= 0.6 is 0 Å². The molecule has 2 aliphatic rings. The molecule has 0 saturated heterocycles. The van der Waals surface area contributed by atoms with Crippen molar-refractivity contribution >= 4 is 17.5 Å². The highest BCUT2D eigenvalue weighted by molar-refractivity contribution is 5.99. The van der Waals surface area contributed by atoms with Gasteiger partial charge >= 0.3 is 18.1 Å². The van der Waals surface area contributed by atoms with Crippen LogP contribution in [0, 0.1) is 23.1 Å². The first-order valence-corrected chi connectivity index (χ1v) is 10.2. The predicted octanol–water partition coefficient (Wildman–Crippen LogP) is 5.93. The molecular weight excluding hydrogens is 416 g/mol. The van der Waals surface area contributed by atoms with E-state index in [9.17, 15) is 37.4 Å². The fourth-order valence-corrected chi connectivity index (χ4v) is 5.19. The summed E-state index contributed by atoms with van der Waals surface area (Å²) in [6.45, 7) is 2.91. The highest BCUT2D eigenvalue weighted by Gasteiger charge is 2.53. The number of allylic oxidation sites excluding steroid dienone is 2. The number of hydrogen-bond acceptors (Lipinski definition) is 2. The van der Waals surface area contributed by atoms with Gasteiger partial charge in [0.2, 0.25) is 0 Å². The molecule has 0 bridgehead atoms. The van der Waals surface area contributed by atoms with Gasteiger partial charge in [-0.2, -0.15) is 13.2 Å². The Morgan fingerprint density at radius 2 is 1.71 bits per heavy atom. The smallest absolute Gasteiger partial charge is 0.416 e. The molecule has 1 aromatic rings. The summed E-state index contributed by atoms with van der Waals surface area (Å²) >= 11 is 0. The first kappa shape index (κ1) is 23.0. The molecule has 0 aromatic heterocycles. The molecule has 8 heteroatoms. The molecule has 0 heterocycles. The summed E-state index contributed by atoms with van der Waals surface area (Å²) in [7, 11) is 0. The van der Waals surface area contributed by atoms with Gasteiger partial charge in [0.25, 0.3) is 0 Å². The summed E-state index contributed by atoms with van der Waals surface area (Å²) in [4.78, 5) is 24.7. The minimum Gasteiger partial charge on any atom is -0.481 e. The minimum absolute atomic E-state index is 0.0749. The zero-order chi connectivity index (χ0) is 23.1. The van der Waals surface area contributed by atoms with Gasteiger partial charge in [0, 0.05) is 17.1 Å². The molecule has 31 heavy (non-hydrogen) atoms. The maximum Gasteiger partial charge on any atom is 0.416 e. The van der Waals surface area contributed by atoms with Gasteiger partial charge in [0.1, 0.15) is 5.82 Å².